The molecule has 0 atom stereocenters. The van der Waals surface area contributed by atoms with Crippen molar-refractivity contribution in [1.29, 1.82) is 0 Å². The van der Waals surface area contributed by atoms with E-state index >= 15 is 0 Å². The van der Waals surface area contributed by atoms with Crippen molar-refractivity contribution in [2.24, 2.45) is 0 Å². The van der Waals surface area contributed by atoms with E-state index in [1.165, 1.54) is 12.1 Å². The topological polar surface area (TPSA) is 26.0 Å². The van der Waals surface area contributed by atoms with Crippen LogP contribution in [0.15, 0.2) is 52.3 Å². The molecule has 0 aliphatic heterocycles. The standard InChI is InChI=1S/C14H13ClFNS2/c15-10-1-6-14(13(17)9-10)19-8-7-18-12-4-2-11(16)3-5-12/h1-6,9H,7-8,17H2. The molecule has 0 saturated carbocycles. The van der Waals surface area contributed by atoms with E-state index in [-0.39, 0.29) is 5.82 Å². The summed E-state index contributed by atoms with van der Waals surface area (Å²) < 4.78 is 12.7. The fourth-order valence-electron chi connectivity index (χ4n) is 1.49. The van der Waals surface area contributed by atoms with Crippen molar-refractivity contribution in [3.63, 3.8) is 0 Å². The molecule has 2 N–H and O–H groups in total. The number of benzene rings is 2. The number of thioether (sulfide) groups is 2. The number of anilines is 1. The molecule has 2 aromatic carbocycles. The quantitative estimate of drug-likeness (QED) is 0.481. The van der Waals surface area contributed by atoms with Crippen LogP contribution in [-0.2, 0) is 0 Å². The van der Waals surface area contributed by atoms with E-state index in [0.717, 1.165) is 21.3 Å². The lowest BCUT2D eigenvalue weighted by molar-refractivity contribution is 0.626. The van der Waals surface area contributed by atoms with E-state index in [9.17, 15) is 4.39 Å². The number of nitrogen functional groups attached to an aromatic ring is 1. The first kappa shape index (κ1) is 14.6. The highest BCUT2D eigenvalue weighted by molar-refractivity contribution is 8.03. The Hall–Kier alpha value is -0.840. The minimum Gasteiger partial charge on any atom is -0.398 e. The van der Waals surface area contributed by atoms with Crippen LogP contribution in [0.25, 0.3) is 0 Å². The zero-order valence-electron chi connectivity index (χ0n) is 10.1. The van der Waals surface area contributed by atoms with Gasteiger partial charge in [-0.2, -0.15) is 0 Å². The lowest BCUT2D eigenvalue weighted by Gasteiger charge is -2.05. The second-order valence-corrected chi connectivity index (χ2v) is 6.57. The van der Waals surface area contributed by atoms with Crippen molar-refractivity contribution >= 4 is 40.8 Å². The molecule has 100 valence electrons. The molecule has 0 aliphatic rings. The van der Waals surface area contributed by atoms with E-state index in [2.05, 4.69) is 0 Å². The van der Waals surface area contributed by atoms with Crippen molar-refractivity contribution in [2.45, 2.75) is 9.79 Å². The summed E-state index contributed by atoms with van der Waals surface area (Å²) in [4.78, 5) is 2.12. The second kappa shape index (κ2) is 7.08. The molecule has 0 aromatic heterocycles. The summed E-state index contributed by atoms with van der Waals surface area (Å²) in [5.41, 5.74) is 6.59. The molecule has 0 unspecified atom stereocenters. The predicted octanol–water partition coefficient (Wildman–Crippen LogP) is 4.95. The van der Waals surface area contributed by atoms with Crippen molar-refractivity contribution in [2.75, 3.05) is 17.2 Å². The Morgan fingerprint density at radius 3 is 2.37 bits per heavy atom. The SMILES string of the molecule is Nc1cc(Cl)ccc1SCCSc1ccc(F)cc1. The summed E-state index contributed by atoms with van der Waals surface area (Å²) >= 11 is 9.25. The van der Waals surface area contributed by atoms with Gasteiger partial charge < -0.3 is 5.73 Å². The summed E-state index contributed by atoms with van der Waals surface area (Å²) in [5, 5.41) is 0.655. The second-order valence-electron chi connectivity index (χ2n) is 3.83. The summed E-state index contributed by atoms with van der Waals surface area (Å²) in [6.07, 6.45) is 0. The fraction of sp³-hybridized carbons (Fsp3) is 0.143. The van der Waals surface area contributed by atoms with Crippen LogP contribution in [0.2, 0.25) is 5.02 Å². The van der Waals surface area contributed by atoms with Gasteiger partial charge in [0.15, 0.2) is 0 Å². The van der Waals surface area contributed by atoms with Gasteiger partial charge in [0.05, 0.1) is 0 Å². The highest BCUT2D eigenvalue weighted by Crippen LogP contribution is 2.29. The maximum atomic E-state index is 12.7. The summed E-state index contributed by atoms with van der Waals surface area (Å²) in [6, 6.07) is 12.1. The van der Waals surface area contributed by atoms with Crippen LogP contribution in [0.4, 0.5) is 10.1 Å². The minimum absolute atomic E-state index is 0.201. The molecule has 0 radical (unpaired) electrons. The van der Waals surface area contributed by atoms with Gasteiger partial charge in [-0.15, -0.1) is 23.5 Å². The molecule has 2 rings (SSSR count). The van der Waals surface area contributed by atoms with Gasteiger partial charge in [-0.25, -0.2) is 4.39 Å². The Labute approximate surface area is 125 Å². The Morgan fingerprint density at radius 1 is 1.00 bits per heavy atom. The van der Waals surface area contributed by atoms with E-state index < -0.39 is 0 Å². The van der Waals surface area contributed by atoms with Gasteiger partial charge in [-0.3, -0.25) is 0 Å². The van der Waals surface area contributed by atoms with Crippen LogP contribution < -0.4 is 5.73 Å². The normalized spacial score (nSPS) is 10.6. The highest BCUT2D eigenvalue weighted by atomic mass is 35.5. The first-order valence-electron chi connectivity index (χ1n) is 5.71. The van der Waals surface area contributed by atoms with Crippen LogP contribution in [0.3, 0.4) is 0 Å². The maximum absolute atomic E-state index is 12.7. The molecular weight excluding hydrogens is 301 g/mol. The molecule has 0 spiro atoms. The first-order valence-corrected chi connectivity index (χ1v) is 8.06. The number of hydrogen-bond acceptors (Lipinski definition) is 3. The van der Waals surface area contributed by atoms with Crippen molar-refractivity contribution in [3.8, 4) is 0 Å². The first-order chi connectivity index (χ1) is 9.15. The zero-order valence-corrected chi connectivity index (χ0v) is 12.5. The molecule has 19 heavy (non-hydrogen) atoms. The Kier molecular flexibility index (Phi) is 5.43. The van der Waals surface area contributed by atoms with E-state index in [1.54, 1.807) is 41.7 Å². The molecular formula is C14H13ClFNS2. The van der Waals surface area contributed by atoms with Crippen LogP contribution in [0.5, 0.6) is 0 Å². The molecule has 2 aromatic rings. The molecule has 0 heterocycles. The Bertz CT molecular complexity index is 546. The van der Waals surface area contributed by atoms with Crippen molar-refractivity contribution in [3.05, 3.63) is 53.3 Å². The largest absolute Gasteiger partial charge is 0.398 e. The number of hydrogen-bond donors (Lipinski definition) is 1. The Morgan fingerprint density at radius 2 is 1.68 bits per heavy atom. The number of halogens is 2. The molecule has 5 heteroatoms. The predicted molar refractivity (Wildman–Crippen MR) is 83.7 cm³/mol. The summed E-state index contributed by atoms with van der Waals surface area (Å²) in [6.45, 7) is 0. The van der Waals surface area contributed by atoms with Gasteiger partial charge in [0.25, 0.3) is 0 Å². The third kappa shape index (κ3) is 4.64. The van der Waals surface area contributed by atoms with Gasteiger partial charge >= 0.3 is 0 Å². The maximum Gasteiger partial charge on any atom is 0.123 e. The lowest BCUT2D eigenvalue weighted by Crippen LogP contribution is -1.90. The average Bonchev–Trinajstić information content (AvgIpc) is 2.39. The summed E-state index contributed by atoms with van der Waals surface area (Å²) in [7, 11) is 0. The molecule has 0 amide bonds. The van der Waals surface area contributed by atoms with Crippen LogP contribution in [-0.4, -0.2) is 11.5 Å². The van der Waals surface area contributed by atoms with Gasteiger partial charge in [0, 0.05) is 32.0 Å². The molecule has 1 nitrogen and oxygen atoms in total. The lowest BCUT2D eigenvalue weighted by atomic mass is 10.3. The third-order valence-corrected chi connectivity index (χ3v) is 4.99. The highest BCUT2D eigenvalue weighted by Gasteiger charge is 2.01. The third-order valence-electron chi connectivity index (χ3n) is 2.40. The fourth-order valence-corrected chi connectivity index (χ4v) is 3.51. The van der Waals surface area contributed by atoms with Gasteiger partial charge in [0.2, 0.25) is 0 Å². The van der Waals surface area contributed by atoms with Crippen molar-refractivity contribution < 1.29 is 4.39 Å². The van der Waals surface area contributed by atoms with Gasteiger partial charge in [-0.05, 0) is 42.5 Å². The zero-order chi connectivity index (χ0) is 13.7. The molecule has 0 aliphatic carbocycles. The van der Waals surface area contributed by atoms with Crippen LogP contribution in [0, 0.1) is 5.82 Å². The number of nitrogens with two attached hydrogens (primary N) is 1. The van der Waals surface area contributed by atoms with Crippen molar-refractivity contribution in [1.82, 2.24) is 0 Å². The summed E-state index contributed by atoms with van der Waals surface area (Å²) in [5.74, 6) is 1.68. The number of rotatable bonds is 5. The molecule has 0 bridgehead atoms. The molecule has 0 saturated heterocycles. The smallest absolute Gasteiger partial charge is 0.123 e. The Balaban J connectivity index is 1.79. The monoisotopic (exact) mass is 313 g/mol. The van der Waals surface area contributed by atoms with E-state index in [0.29, 0.717) is 10.7 Å². The van der Waals surface area contributed by atoms with E-state index in [1.807, 2.05) is 12.1 Å². The van der Waals surface area contributed by atoms with Gasteiger partial charge in [-0.1, -0.05) is 11.6 Å². The van der Waals surface area contributed by atoms with Crippen LogP contribution in [0.1, 0.15) is 0 Å². The average molecular weight is 314 g/mol. The molecule has 0 fully saturated rings. The van der Waals surface area contributed by atoms with Crippen LogP contribution >= 0.6 is 35.1 Å². The van der Waals surface area contributed by atoms with E-state index in [4.69, 9.17) is 17.3 Å². The minimum atomic E-state index is -0.201. The van der Waals surface area contributed by atoms with Gasteiger partial charge in [0.1, 0.15) is 5.82 Å².